The van der Waals surface area contributed by atoms with Crippen LogP contribution in [0.3, 0.4) is 0 Å². The van der Waals surface area contributed by atoms with Crippen molar-refractivity contribution in [3.05, 3.63) is 29.8 Å². The Labute approximate surface area is 122 Å². The Bertz CT molecular complexity index is 516. The van der Waals surface area contributed by atoms with Crippen LogP contribution in [0.1, 0.15) is 63.9 Å². The summed E-state index contributed by atoms with van der Waals surface area (Å²) in [6.45, 7) is 3.85. The monoisotopic (exact) mass is 295 g/mol. The van der Waals surface area contributed by atoms with Crippen LogP contribution < -0.4 is 4.72 Å². The molecule has 1 aromatic carbocycles. The number of sulfonamides is 1. The van der Waals surface area contributed by atoms with Gasteiger partial charge in [-0.05, 0) is 49.8 Å². The molecule has 1 saturated carbocycles. The quantitative estimate of drug-likeness (QED) is 0.898. The van der Waals surface area contributed by atoms with Gasteiger partial charge in [-0.3, -0.25) is 0 Å². The Morgan fingerprint density at radius 2 is 1.75 bits per heavy atom. The minimum atomic E-state index is -3.37. The van der Waals surface area contributed by atoms with E-state index in [2.05, 4.69) is 4.72 Å². The van der Waals surface area contributed by atoms with Crippen molar-refractivity contribution >= 4 is 10.0 Å². The predicted molar refractivity (Wildman–Crippen MR) is 82.3 cm³/mol. The maximum absolute atomic E-state index is 12.2. The summed E-state index contributed by atoms with van der Waals surface area (Å²) in [7, 11) is -3.37. The highest BCUT2D eigenvalue weighted by atomic mass is 32.2. The molecule has 1 fully saturated rings. The molecule has 0 aliphatic heterocycles. The third-order valence-corrected chi connectivity index (χ3v) is 5.84. The van der Waals surface area contributed by atoms with E-state index in [1.807, 2.05) is 26.0 Å². The van der Waals surface area contributed by atoms with Crippen LogP contribution in [0.2, 0.25) is 0 Å². The fourth-order valence-corrected chi connectivity index (χ4v) is 4.10. The number of hydrogen-bond acceptors (Lipinski definition) is 2. The van der Waals surface area contributed by atoms with Gasteiger partial charge in [0.2, 0.25) is 10.0 Å². The van der Waals surface area contributed by atoms with Crippen LogP contribution in [-0.2, 0) is 10.0 Å². The SMILES string of the molecule is CC[C@H](C)NS(=O)(=O)c1ccc(C2CCCCC2)cc1. The van der Waals surface area contributed by atoms with Crippen LogP contribution in [0.25, 0.3) is 0 Å². The zero-order valence-corrected chi connectivity index (χ0v) is 13.2. The highest BCUT2D eigenvalue weighted by Crippen LogP contribution is 2.32. The molecule has 1 aliphatic carbocycles. The lowest BCUT2D eigenvalue weighted by molar-refractivity contribution is 0.443. The van der Waals surface area contributed by atoms with Gasteiger partial charge < -0.3 is 0 Å². The van der Waals surface area contributed by atoms with Crippen molar-refractivity contribution < 1.29 is 8.42 Å². The smallest absolute Gasteiger partial charge is 0.208 e. The summed E-state index contributed by atoms with van der Waals surface area (Å²) in [5, 5.41) is 0. The Balaban J connectivity index is 2.11. The predicted octanol–water partition coefficient (Wildman–Crippen LogP) is 3.81. The minimum Gasteiger partial charge on any atom is -0.208 e. The van der Waals surface area contributed by atoms with Crippen molar-refractivity contribution in [1.82, 2.24) is 4.72 Å². The van der Waals surface area contributed by atoms with E-state index in [-0.39, 0.29) is 6.04 Å². The van der Waals surface area contributed by atoms with Gasteiger partial charge in [0.25, 0.3) is 0 Å². The van der Waals surface area contributed by atoms with E-state index in [4.69, 9.17) is 0 Å². The molecule has 0 bridgehead atoms. The van der Waals surface area contributed by atoms with Crippen molar-refractivity contribution in [3.63, 3.8) is 0 Å². The molecule has 0 unspecified atom stereocenters. The van der Waals surface area contributed by atoms with Gasteiger partial charge in [-0.15, -0.1) is 0 Å². The third kappa shape index (κ3) is 3.83. The average molecular weight is 295 g/mol. The number of benzene rings is 1. The molecule has 0 spiro atoms. The molecule has 4 heteroatoms. The second kappa shape index (κ2) is 6.72. The van der Waals surface area contributed by atoms with Crippen molar-refractivity contribution in [2.75, 3.05) is 0 Å². The third-order valence-electron chi connectivity index (χ3n) is 4.24. The van der Waals surface area contributed by atoms with Crippen LogP contribution in [0.4, 0.5) is 0 Å². The molecule has 112 valence electrons. The molecule has 2 rings (SSSR count). The Morgan fingerprint density at radius 3 is 2.30 bits per heavy atom. The molecule has 20 heavy (non-hydrogen) atoms. The van der Waals surface area contributed by atoms with Gasteiger partial charge in [0.1, 0.15) is 0 Å². The van der Waals surface area contributed by atoms with Gasteiger partial charge in [0, 0.05) is 6.04 Å². The van der Waals surface area contributed by atoms with Crippen LogP contribution in [0, 0.1) is 0 Å². The summed E-state index contributed by atoms with van der Waals surface area (Å²) in [6.07, 6.45) is 7.18. The van der Waals surface area contributed by atoms with Gasteiger partial charge in [0.15, 0.2) is 0 Å². The van der Waals surface area contributed by atoms with Crippen LogP contribution in [0.5, 0.6) is 0 Å². The van der Waals surface area contributed by atoms with Crippen LogP contribution in [0.15, 0.2) is 29.2 Å². The summed E-state index contributed by atoms with van der Waals surface area (Å²) in [6, 6.07) is 7.43. The zero-order valence-electron chi connectivity index (χ0n) is 12.4. The number of rotatable bonds is 5. The molecule has 1 aliphatic rings. The maximum atomic E-state index is 12.2. The molecule has 0 saturated heterocycles. The van der Waals surface area contributed by atoms with Crippen molar-refractivity contribution in [2.24, 2.45) is 0 Å². The summed E-state index contributed by atoms with van der Waals surface area (Å²) >= 11 is 0. The average Bonchev–Trinajstić information content (AvgIpc) is 2.48. The Hall–Kier alpha value is -0.870. The molecule has 1 aromatic rings. The van der Waals surface area contributed by atoms with Crippen molar-refractivity contribution in [3.8, 4) is 0 Å². The first-order valence-electron chi connectivity index (χ1n) is 7.65. The molecule has 0 aromatic heterocycles. The van der Waals surface area contributed by atoms with E-state index in [0.717, 1.165) is 6.42 Å². The number of hydrogen-bond donors (Lipinski definition) is 1. The second-order valence-corrected chi connectivity index (χ2v) is 7.55. The highest BCUT2D eigenvalue weighted by Gasteiger charge is 2.19. The summed E-state index contributed by atoms with van der Waals surface area (Å²) in [5.74, 6) is 0.614. The van der Waals surface area contributed by atoms with Gasteiger partial charge in [-0.25, -0.2) is 13.1 Å². The van der Waals surface area contributed by atoms with E-state index < -0.39 is 10.0 Å². The standard InChI is InChI=1S/C16H25NO2S/c1-3-13(2)17-20(18,19)16-11-9-15(10-12-16)14-7-5-4-6-8-14/h9-14,17H,3-8H2,1-2H3/t13-/m0/s1. The molecule has 3 nitrogen and oxygen atoms in total. The number of nitrogens with one attached hydrogen (secondary N) is 1. The van der Waals surface area contributed by atoms with Gasteiger partial charge >= 0.3 is 0 Å². The van der Waals surface area contributed by atoms with E-state index in [9.17, 15) is 8.42 Å². The minimum absolute atomic E-state index is 0.0296. The molecule has 0 heterocycles. The Morgan fingerprint density at radius 1 is 1.15 bits per heavy atom. The van der Waals surface area contributed by atoms with Crippen molar-refractivity contribution in [2.45, 2.75) is 69.2 Å². The maximum Gasteiger partial charge on any atom is 0.240 e. The highest BCUT2D eigenvalue weighted by molar-refractivity contribution is 7.89. The lowest BCUT2D eigenvalue weighted by Crippen LogP contribution is -2.31. The molecule has 1 N–H and O–H groups in total. The van der Waals surface area contributed by atoms with E-state index in [1.54, 1.807) is 12.1 Å². The van der Waals surface area contributed by atoms with E-state index >= 15 is 0 Å². The largest absolute Gasteiger partial charge is 0.240 e. The summed E-state index contributed by atoms with van der Waals surface area (Å²) in [5.41, 5.74) is 1.28. The van der Waals surface area contributed by atoms with E-state index in [0.29, 0.717) is 10.8 Å². The fourth-order valence-electron chi connectivity index (χ4n) is 2.77. The first-order valence-corrected chi connectivity index (χ1v) is 9.13. The fraction of sp³-hybridized carbons (Fsp3) is 0.625. The topological polar surface area (TPSA) is 46.2 Å². The molecule has 0 radical (unpaired) electrons. The molecule has 0 amide bonds. The van der Waals surface area contributed by atoms with Gasteiger partial charge in [-0.1, -0.05) is 38.3 Å². The second-order valence-electron chi connectivity index (χ2n) is 5.83. The first kappa shape index (κ1) is 15.5. The van der Waals surface area contributed by atoms with Gasteiger partial charge in [0.05, 0.1) is 4.90 Å². The van der Waals surface area contributed by atoms with E-state index in [1.165, 1.54) is 37.7 Å². The molecular formula is C16H25NO2S. The normalized spacial score (nSPS) is 18.9. The van der Waals surface area contributed by atoms with Crippen molar-refractivity contribution in [1.29, 1.82) is 0 Å². The zero-order chi connectivity index (χ0) is 14.6. The lowest BCUT2D eigenvalue weighted by Gasteiger charge is -2.22. The molecular weight excluding hydrogens is 270 g/mol. The lowest BCUT2D eigenvalue weighted by atomic mass is 9.84. The van der Waals surface area contributed by atoms with Crippen LogP contribution >= 0.6 is 0 Å². The van der Waals surface area contributed by atoms with Crippen LogP contribution in [-0.4, -0.2) is 14.5 Å². The first-order chi connectivity index (χ1) is 9.53. The summed E-state index contributed by atoms with van der Waals surface area (Å²) < 4.78 is 27.0. The molecule has 1 atom stereocenters. The summed E-state index contributed by atoms with van der Waals surface area (Å²) in [4.78, 5) is 0.373. The van der Waals surface area contributed by atoms with Gasteiger partial charge in [-0.2, -0.15) is 0 Å². The Kier molecular flexibility index (Phi) is 5.22.